The summed E-state index contributed by atoms with van der Waals surface area (Å²) in [5.41, 5.74) is 10.1. The number of rotatable bonds is 38. The average Bonchev–Trinajstić information content (AvgIpc) is 1.57. The molecule has 12 aromatic rings. The highest BCUT2D eigenvalue weighted by Crippen LogP contribution is 2.46. The molecule has 5 heterocycles. The summed E-state index contributed by atoms with van der Waals surface area (Å²) in [4.78, 5) is 31.7. The summed E-state index contributed by atoms with van der Waals surface area (Å²) < 4.78 is 134. The molecule has 0 unspecified atom stereocenters. The Morgan fingerprint density at radius 2 is 0.396 bits per heavy atom. The van der Waals surface area contributed by atoms with E-state index in [0.29, 0.717) is 0 Å². The van der Waals surface area contributed by atoms with Crippen molar-refractivity contribution in [3.8, 4) is 0 Å². The number of urea groups is 2. The molecular formula is C110H116N4O20. The normalized spacial score (nSPS) is 26.1. The zero-order valence-electron chi connectivity index (χ0n) is 74.8. The van der Waals surface area contributed by atoms with Gasteiger partial charge < -0.3 is 107 Å². The lowest BCUT2D eigenvalue weighted by molar-refractivity contribution is -0.395. The number of carbonyl (C=O) groups excluding carboxylic acids is 2. The van der Waals surface area contributed by atoms with Gasteiger partial charge in [-0.25, -0.2) is 9.59 Å². The summed E-state index contributed by atoms with van der Waals surface area (Å²) in [6.45, 7) is -0.936. The first-order valence-electron chi connectivity index (χ1n) is 46.0. The predicted octanol–water partition coefficient (Wildman–Crippen LogP) is 16.6. The second-order valence-electron chi connectivity index (χ2n) is 33.9. The summed E-state index contributed by atoms with van der Waals surface area (Å²) in [6.07, 6.45) is -18.8. The highest BCUT2D eigenvalue weighted by molar-refractivity contribution is 5.74. The molecule has 24 heteroatoms. The molecule has 4 amide bonds. The average molecular weight is 1810 g/mol. The number of hydrogen-bond acceptors (Lipinski definition) is 20. The second-order valence-corrected chi connectivity index (χ2v) is 33.9. The van der Waals surface area contributed by atoms with Crippen LogP contribution in [0, 0.1) is 0 Å². The monoisotopic (exact) mass is 1810 g/mol. The Kier molecular flexibility index (Phi) is 34.2. The Hall–Kier alpha value is -11.5. The van der Waals surface area contributed by atoms with Crippen LogP contribution in [-0.2, 0) is 165 Å². The Morgan fingerprint density at radius 1 is 0.209 bits per heavy atom. The smallest absolute Gasteiger partial charge is 0.314 e. The Labute approximate surface area is 782 Å². The minimum atomic E-state index is -2.05. The first-order chi connectivity index (χ1) is 66.2. The van der Waals surface area contributed by atoms with E-state index in [9.17, 15) is 0 Å². The molecule has 8 bridgehead atoms. The van der Waals surface area contributed by atoms with Gasteiger partial charge in [-0.05, 0) is 66.8 Å². The van der Waals surface area contributed by atoms with Crippen molar-refractivity contribution >= 4 is 12.1 Å². The first-order valence-corrected chi connectivity index (χ1v) is 46.0. The van der Waals surface area contributed by atoms with Crippen molar-refractivity contribution in [1.82, 2.24) is 21.3 Å². The molecular weight excluding hydrogens is 1700 g/mol. The molecule has 0 radical (unpaired) electrons. The van der Waals surface area contributed by atoms with E-state index in [1.54, 1.807) is 0 Å². The van der Waals surface area contributed by atoms with Crippen molar-refractivity contribution < 1.29 is 94.9 Å². The maximum atomic E-state index is 15.9. The molecule has 4 N–H and O–H groups in total. The van der Waals surface area contributed by atoms with Gasteiger partial charge in [0.15, 0.2) is 12.6 Å². The van der Waals surface area contributed by atoms with Crippen molar-refractivity contribution in [3.63, 3.8) is 0 Å². The molecule has 0 aromatic heterocycles. The molecule has 24 nitrogen and oxygen atoms in total. The van der Waals surface area contributed by atoms with Gasteiger partial charge in [0.2, 0.25) is 11.6 Å². The van der Waals surface area contributed by atoms with Crippen LogP contribution in [0.25, 0.3) is 0 Å². The lowest BCUT2D eigenvalue weighted by Gasteiger charge is -2.48. The van der Waals surface area contributed by atoms with Crippen molar-refractivity contribution in [3.05, 3.63) is 431 Å². The Balaban J connectivity index is 0.825. The molecule has 5 fully saturated rings. The predicted molar refractivity (Wildman–Crippen MR) is 500 cm³/mol. The van der Waals surface area contributed by atoms with Gasteiger partial charge in [0.25, 0.3) is 0 Å². The SMILES string of the molecule is O=C1NC[C@H]2O[C@@](COCc3ccccc3)(O[C@H]3O[C@H](CNC(=O)NC[C@H]4O[C@H](O[C@]5(COCc6ccccc6)O[C@H](CN1)[C@@H](OCc1ccccc1)[C@@H]5OCc1ccccc1)[C@H](OCc1ccccc1)[C@@H](OCc1ccccc1)[C@@H]4OCc1ccccc1)[C@@H](OCc1ccccc1)[C@H](OCc1ccccc1)[C@H]3OCc1ccccc1)[C@@H](OCc1ccccc1)[C@@H]2OCc1ccccc1. The third-order valence-corrected chi connectivity index (χ3v) is 24.2. The maximum Gasteiger partial charge on any atom is 0.314 e. The fourth-order valence-corrected chi connectivity index (χ4v) is 17.4. The van der Waals surface area contributed by atoms with Gasteiger partial charge in [-0.3, -0.25) is 0 Å². The molecule has 134 heavy (non-hydrogen) atoms. The van der Waals surface area contributed by atoms with Crippen LogP contribution in [0.4, 0.5) is 9.59 Å². The number of ether oxygens (including phenoxy) is 18. The molecule has 17 rings (SSSR count). The van der Waals surface area contributed by atoms with E-state index in [1.807, 2.05) is 364 Å². The number of carbonyl (C=O) groups is 2. The largest absolute Gasteiger partial charge is 0.371 e. The second kappa shape index (κ2) is 48.6. The number of hydrogen-bond donors (Lipinski definition) is 4. The van der Waals surface area contributed by atoms with Gasteiger partial charge in [-0.2, -0.15) is 0 Å². The summed E-state index contributed by atoms with van der Waals surface area (Å²) in [6, 6.07) is 116. The summed E-state index contributed by atoms with van der Waals surface area (Å²) >= 11 is 0. The van der Waals surface area contributed by atoms with E-state index < -0.39 is 122 Å². The van der Waals surface area contributed by atoms with Gasteiger partial charge in [0.1, 0.15) is 98.7 Å². The lowest BCUT2D eigenvalue weighted by Crippen LogP contribution is -2.66. The molecule has 18 atom stereocenters. The summed E-state index contributed by atoms with van der Waals surface area (Å²) in [7, 11) is 0. The van der Waals surface area contributed by atoms with E-state index in [1.165, 1.54) is 0 Å². The molecule has 0 saturated carbocycles. The maximum absolute atomic E-state index is 15.9. The minimum Gasteiger partial charge on any atom is -0.371 e. The van der Waals surface area contributed by atoms with Gasteiger partial charge >= 0.3 is 12.1 Å². The molecule has 0 spiro atoms. The fraction of sp³-hybridized carbons (Fsp3) is 0.327. The zero-order chi connectivity index (χ0) is 91.0. The van der Waals surface area contributed by atoms with Crippen LogP contribution in [-0.4, -0.2) is 161 Å². The third-order valence-electron chi connectivity index (χ3n) is 24.2. The fourth-order valence-electron chi connectivity index (χ4n) is 17.4. The molecule has 5 aliphatic rings. The lowest BCUT2D eigenvalue weighted by atomic mass is 9.96. The molecule has 5 saturated heterocycles. The summed E-state index contributed by atoms with van der Waals surface area (Å²) in [5.74, 6) is -4.10. The van der Waals surface area contributed by atoms with Crippen LogP contribution in [0.15, 0.2) is 364 Å². The van der Waals surface area contributed by atoms with Gasteiger partial charge in [-0.1, -0.05) is 364 Å². The van der Waals surface area contributed by atoms with Crippen molar-refractivity contribution in [2.24, 2.45) is 0 Å². The highest BCUT2D eigenvalue weighted by atomic mass is 16.8. The van der Waals surface area contributed by atoms with E-state index >= 15 is 9.59 Å². The van der Waals surface area contributed by atoms with E-state index in [-0.39, 0.29) is 119 Å². The molecule has 696 valence electrons. The van der Waals surface area contributed by atoms with Crippen LogP contribution < -0.4 is 21.3 Å². The molecule has 0 aliphatic carbocycles. The van der Waals surface area contributed by atoms with Crippen molar-refractivity contribution in [1.29, 1.82) is 0 Å². The van der Waals surface area contributed by atoms with Gasteiger partial charge in [0.05, 0.1) is 79.3 Å². The number of fused-ring (bicyclic) bond motifs is 8. The van der Waals surface area contributed by atoms with E-state index in [2.05, 4.69) is 21.3 Å². The van der Waals surface area contributed by atoms with Crippen molar-refractivity contribution in [2.75, 3.05) is 39.4 Å². The van der Waals surface area contributed by atoms with E-state index in [0.717, 1.165) is 66.8 Å². The number of nitrogens with one attached hydrogen (secondary N) is 4. The third kappa shape index (κ3) is 26.1. The highest BCUT2D eigenvalue weighted by Gasteiger charge is 2.64. The van der Waals surface area contributed by atoms with Crippen LogP contribution >= 0.6 is 0 Å². The molecule has 5 aliphatic heterocycles. The topological polar surface area (TPSA) is 248 Å². The summed E-state index contributed by atoms with van der Waals surface area (Å²) in [5, 5.41) is 12.9. The first kappa shape index (κ1) is 94.2. The van der Waals surface area contributed by atoms with Crippen LogP contribution in [0.3, 0.4) is 0 Å². The standard InChI is InChI=1S/C110H116N4O20/c115-107-111-61-91-95(119-67-81-41-17-3-18-42-81)99(123-71-85-49-25-7-26-50-85)101(125-73-87-53-29-9-30-54-87)105(129-91)133-109(77-117-65-79-37-13-1-14-38-79)103(127-75-89-57-33-11-34-58-89)97(121-69-83-45-21-5-22-46-83)93(131-109)63-113-108(116)114-64-94-98(122-70-84-47-23-6-24-48-84)104(128-76-90-59-35-12-36-60-90)110(132-94,78-118-66-80-39-15-2-16-40-80)134-106-102(126-74-88-55-31-10-32-56-88)100(124-72-86-51-27-8-28-52-86)96(92(130-106)62-112-107)120-68-82-43-19-4-20-44-82/h1-60,91-106H,61-78H2,(H2,111,112,115)(H2,113,114,116)/t91-,92-,93-,94-,95-,96-,97-,98-,99+,100+,101-,102-,103+,104+,105-,106-,109+,110+/m1/s1. The van der Waals surface area contributed by atoms with Crippen LogP contribution in [0.1, 0.15) is 66.8 Å². The van der Waals surface area contributed by atoms with Gasteiger partial charge in [0, 0.05) is 26.2 Å². The number of benzene rings is 12. The van der Waals surface area contributed by atoms with Crippen molar-refractivity contribution in [2.45, 2.75) is 189 Å². The van der Waals surface area contributed by atoms with Crippen LogP contribution in [0.2, 0.25) is 0 Å². The number of amides is 4. The zero-order valence-corrected chi connectivity index (χ0v) is 74.8. The Bertz CT molecular complexity index is 5080. The van der Waals surface area contributed by atoms with Gasteiger partial charge in [-0.15, -0.1) is 0 Å². The molecule has 12 aromatic carbocycles. The Morgan fingerprint density at radius 3 is 0.627 bits per heavy atom. The minimum absolute atomic E-state index is 0.0204. The van der Waals surface area contributed by atoms with Crippen LogP contribution in [0.5, 0.6) is 0 Å². The quantitative estimate of drug-likeness (QED) is 0.0281. The van der Waals surface area contributed by atoms with E-state index in [4.69, 9.17) is 85.3 Å².